The fraction of sp³-hybridized carbons (Fsp3) is 0.263. The van der Waals surface area contributed by atoms with Crippen molar-refractivity contribution in [1.82, 2.24) is 4.57 Å². The summed E-state index contributed by atoms with van der Waals surface area (Å²) in [7, 11) is 0. The van der Waals surface area contributed by atoms with Gasteiger partial charge in [-0.3, -0.25) is 0 Å². The second-order valence-corrected chi connectivity index (χ2v) is 13.7. The van der Waals surface area contributed by atoms with Crippen molar-refractivity contribution in [2.45, 2.75) is 64.7 Å². The number of benzene rings is 4. The van der Waals surface area contributed by atoms with Gasteiger partial charge in [0.1, 0.15) is 0 Å². The highest BCUT2D eigenvalue weighted by atomic mass is 32.1. The van der Waals surface area contributed by atoms with Crippen LogP contribution in [0.1, 0.15) is 80.3 Å². The van der Waals surface area contributed by atoms with E-state index in [1.807, 2.05) is 11.3 Å². The van der Waals surface area contributed by atoms with E-state index in [1.165, 1.54) is 71.5 Å². The summed E-state index contributed by atoms with van der Waals surface area (Å²) in [5, 5.41) is 2.63. The lowest BCUT2D eigenvalue weighted by atomic mass is 9.82. The van der Waals surface area contributed by atoms with Gasteiger partial charge in [0.15, 0.2) is 0 Å². The number of aromatic nitrogens is 1. The summed E-state index contributed by atoms with van der Waals surface area (Å²) < 4.78 is 2.47. The van der Waals surface area contributed by atoms with Gasteiger partial charge in [0.05, 0.1) is 11.0 Å². The van der Waals surface area contributed by atoms with Gasteiger partial charge in [-0.25, -0.2) is 0 Å². The van der Waals surface area contributed by atoms with E-state index in [2.05, 4.69) is 143 Å². The first-order chi connectivity index (χ1) is 19.2. The van der Waals surface area contributed by atoms with Crippen LogP contribution >= 0.6 is 11.3 Å². The van der Waals surface area contributed by atoms with Crippen LogP contribution in [0.4, 0.5) is 0 Å². The van der Waals surface area contributed by atoms with E-state index in [-0.39, 0.29) is 10.8 Å². The van der Waals surface area contributed by atoms with Crippen molar-refractivity contribution in [3.8, 4) is 16.8 Å². The molecule has 0 radical (unpaired) electrons. The Morgan fingerprint density at radius 1 is 0.750 bits per heavy atom. The Hall–Kier alpha value is -3.62. The van der Waals surface area contributed by atoms with Crippen LogP contribution in [-0.2, 0) is 10.8 Å². The van der Waals surface area contributed by atoms with Crippen molar-refractivity contribution in [2.24, 2.45) is 0 Å². The van der Waals surface area contributed by atoms with Gasteiger partial charge in [-0.15, -0.1) is 11.3 Å². The first kappa shape index (κ1) is 25.4. The summed E-state index contributed by atoms with van der Waals surface area (Å²) in [6, 6.07) is 36.7. The Bertz CT molecular complexity index is 1910. The molecule has 1 nitrogen and oxygen atoms in total. The van der Waals surface area contributed by atoms with Crippen LogP contribution in [0.25, 0.3) is 38.6 Å². The van der Waals surface area contributed by atoms with Crippen molar-refractivity contribution in [1.29, 1.82) is 0 Å². The number of thiophene rings is 1. The van der Waals surface area contributed by atoms with Crippen LogP contribution < -0.4 is 0 Å². The number of hydrogen-bond donors (Lipinski definition) is 0. The Balaban J connectivity index is 1.39. The first-order valence-corrected chi connectivity index (χ1v) is 15.4. The maximum Gasteiger partial charge on any atom is 0.0541 e. The minimum absolute atomic E-state index is 0.0211. The lowest BCUT2D eigenvalue weighted by Crippen LogP contribution is -2.17. The molecule has 0 aliphatic heterocycles. The molecule has 6 aromatic rings. The van der Waals surface area contributed by atoms with Crippen molar-refractivity contribution < 1.29 is 0 Å². The van der Waals surface area contributed by atoms with Crippen LogP contribution in [0, 0.1) is 0 Å². The van der Waals surface area contributed by atoms with Gasteiger partial charge in [0, 0.05) is 37.0 Å². The Morgan fingerprint density at radius 2 is 1.48 bits per heavy atom. The zero-order valence-corrected chi connectivity index (χ0v) is 25.2. The van der Waals surface area contributed by atoms with Gasteiger partial charge >= 0.3 is 0 Å². The highest BCUT2D eigenvalue weighted by Crippen LogP contribution is 2.49. The minimum atomic E-state index is -0.0584. The lowest BCUT2D eigenvalue weighted by Gasteiger charge is -2.24. The molecule has 4 aromatic carbocycles. The molecule has 0 amide bonds. The maximum atomic E-state index is 2.47. The second kappa shape index (κ2) is 8.94. The Morgan fingerprint density at radius 3 is 2.30 bits per heavy atom. The quantitative estimate of drug-likeness (QED) is 0.205. The van der Waals surface area contributed by atoms with E-state index in [0.29, 0.717) is 5.92 Å². The van der Waals surface area contributed by atoms with Crippen LogP contribution in [0.5, 0.6) is 0 Å². The Labute approximate surface area is 242 Å². The molecule has 1 aliphatic carbocycles. The van der Waals surface area contributed by atoms with Gasteiger partial charge in [-0.05, 0) is 82.6 Å². The molecule has 0 bridgehead atoms. The van der Waals surface area contributed by atoms with Crippen molar-refractivity contribution in [3.63, 3.8) is 0 Å². The molecule has 0 spiro atoms. The van der Waals surface area contributed by atoms with Gasteiger partial charge in [0.2, 0.25) is 0 Å². The third kappa shape index (κ3) is 3.58. The number of hydrogen-bond acceptors (Lipinski definition) is 1. The minimum Gasteiger partial charge on any atom is -0.309 e. The van der Waals surface area contributed by atoms with Crippen molar-refractivity contribution in [2.75, 3.05) is 0 Å². The van der Waals surface area contributed by atoms with Crippen LogP contribution in [0.15, 0.2) is 97.1 Å². The lowest BCUT2D eigenvalue weighted by molar-refractivity contribution is 0.656. The van der Waals surface area contributed by atoms with Crippen LogP contribution in [-0.4, -0.2) is 4.57 Å². The highest BCUT2D eigenvalue weighted by molar-refractivity contribution is 7.12. The van der Waals surface area contributed by atoms with E-state index in [9.17, 15) is 0 Å². The third-order valence-corrected chi connectivity index (χ3v) is 11.2. The van der Waals surface area contributed by atoms with E-state index in [4.69, 9.17) is 0 Å². The topological polar surface area (TPSA) is 4.93 Å². The molecule has 2 heteroatoms. The second-order valence-electron chi connectivity index (χ2n) is 12.6. The zero-order chi connectivity index (χ0) is 27.8. The Kier molecular flexibility index (Phi) is 5.67. The van der Waals surface area contributed by atoms with Gasteiger partial charge in [-0.1, -0.05) is 96.1 Å². The van der Waals surface area contributed by atoms with Gasteiger partial charge in [-0.2, -0.15) is 0 Å². The SMILES string of the molecule is CCC(C)c1ccc(C(C)(C)c2ccc3c(c2)c2ccccc2n3-c2ccc3c(c2)C(C)(C)c2ccccc2-3)s1. The molecule has 40 heavy (non-hydrogen) atoms. The number of para-hydroxylation sites is 1. The van der Waals surface area contributed by atoms with E-state index in [1.54, 1.807) is 0 Å². The molecule has 2 heterocycles. The molecule has 0 N–H and O–H groups in total. The smallest absolute Gasteiger partial charge is 0.0541 e. The van der Waals surface area contributed by atoms with E-state index >= 15 is 0 Å². The molecule has 0 saturated carbocycles. The first-order valence-electron chi connectivity index (χ1n) is 14.6. The standard InChI is InChI=1S/C38H37NS/c1-7-24(2)35-20-21-36(40-35)37(3,4)25-16-19-34-30(22-25)29-13-9-11-15-33(29)39(34)26-17-18-28-27-12-8-10-14-31(27)38(5,6)32(28)23-26/h8-24H,7H2,1-6H3. The molecule has 0 fully saturated rings. The van der Waals surface area contributed by atoms with Gasteiger partial charge < -0.3 is 4.57 Å². The summed E-state index contributed by atoms with van der Waals surface area (Å²) in [5.74, 6) is 0.611. The molecule has 1 atom stereocenters. The number of nitrogens with zero attached hydrogens (tertiary/aromatic N) is 1. The molecule has 200 valence electrons. The summed E-state index contributed by atoms with van der Waals surface area (Å²) in [6.07, 6.45) is 1.18. The van der Waals surface area contributed by atoms with Crippen molar-refractivity contribution >= 4 is 33.1 Å². The van der Waals surface area contributed by atoms with E-state index in [0.717, 1.165) is 0 Å². The monoisotopic (exact) mass is 539 g/mol. The predicted molar refractivity (Wildman–Crippen MR) is 173 cm³/mol. The molecule has 1 unspecified atom stereocenters. The fourth-order valence-electron chi connectivity index (χ4n) is 6.77. The molecular weight excluding hydrogens is 502 g/mol. The zero-order valence-electron chi connectivity index (χ0n) is 24.4. The molecular formula is C38H37NS. The van der Waals surface area contributed by atoms with Gasteiger partial charge in [0.25, 0.3) is 0 Å². The molecule has 2 aromatic heterocycles. The maximum absolute atomic E-state index is 2.47. The molecule has 1 aliphatic rings. The predicted octanol–water partition coefficient (Wildman–Crippen LogP) is 11.0. The summed E-state index contributed by atoms with van der Waals surface area (Å²) in [4.78, 5) is 2.93. The van der Waals surface area contributed by atoms with Crippen molar-refractivity contribution in [3.05, 3.63) is 124 Å². The average Bonchev–Trinajstić information content (AvgIpc) is 3.65. The largest absolute Gasteiger partial charge is 0.309 e. The summed E-state index contributed by atoms with van der Waals surface area (Å²) >= 11 is 1.98. The third-order valence-electron chi connectivity index (χ3n) is 9.56. The summed E-state index contributed by atoms with van der Waals surface area (Å²) in [5.41, 5.74) is 10.6. The van der Waals surface area contributed by atoms with E-state index < -0.39 is 0 Å². The highest BCUT2D eigenvalue weighted by Gasteiger charge is 2.35. The molecule has 7 rings (SSSR count). The molecule has 0 saturated heterocycles. The van der Waals surface area contributed by atoms with Crippen LogP contribution in [0.2, 0.25) is 0 Å². The number of fused-ring (bicyclic) bond motifs is 6. The fourth-order valence-corrected chi connectivity index (χ4v) is 8.04. The van der Waals surface area contributed by atoms with Crippen LogP contribution in [0.3, 0.4) is 0 Å². The normalized spacial score (nSPS) is 14.9. The summed E-state index contributed by atoms with van der Waals surface area (Å²) in [6.45, 7) is 14.1. The average molecular weight is 540 g/mol. The number of rotatable bonds is 5.